The van der Waals surface area contributed by atoms with Gasteiger partial charge < -0.3 is 0 Å². The van der Waals surface area contributed by atoms with Crippen LogP contribution in [0.3, 0.4) is 0 Å². The number of benzene rings is 1. The quantitative estimate of drug-likeness (QED) is 0.532. The van der Waals surface area contributed by atoms with E-state index < -0.39 is 0 Å². The Morgan fingerprint density at radius 3 is 3.00 bits per heavy atom. The highest BCUT2D eigenvalue weighted by Gasteiger charge is 2.05. The van der Waals surface area contributed by atoms with Gasteiger partial charge in [0, 0.05) is 11.1 Å². The number of aromatic nitrogens is 4. The summed E-state index contributed by atoms with van der Waals surface area (Å²) < 4.78 is 1.75. The monoisotopic (exact) mass is 184 g/mol. The molecule has 0 fully saturated rings. The van der Waals surface area contributed by atoms with Crippen LogP contribution in [0.5, 0.6) is 0 Å². The minimum atomic E-state index is 0.820. The minimum absolute atomic E-state index is 0.820. The van der Waals surface area contributed by atoms with E-state index in [0.717, 1.165) is 16.7 Å². The van der Waals surface area contributed by atoms with E-state index in [1.165, 1.54) is 5.39 Å². The molecule has 2 heterocycles. The van der Waals surface area contributed by atoms with Crippen molar-refractivity contribution in [3.05, 3.63) is 36.0 Å². The Labute approximate surface area is 80.2 Å². The van der Waals surface area contributed by atoms with Gasteiger partial charge in [0.1, 0.15) is 0 Å². The number of hydrogen-bond acceptors (Lipinski definition) is 3. The van der Waals surface area contributed by atoms with Crippen LogP contribution in [0.4, 0.5) is 0 Å². The van der Waals surface area contributed by atoms with Crippen molar-refractivity contribution in [1.82, 2.24) is 20.0 Å². The van der Waals surface area contributed by atoms with Gasteiger partial charge in [-0.1, -0.05) is 24.3 Å². The molecule has 3 rings (SSSR count). The van der Waals surface area contributed by atoms with E-state index in [0.29, 0.717) is 0 Å². The molecule has 0 aliphatic rings. The van der Waals surface area contributed by atoms with Gasteiger partial charge in [-0.15, -0.1) is 5.10 Å². The summed E-state index contributed by atoms with van der Waals surface area (Å²) in [6.45, 7) is 2.00. The van der Waals surface area contributed by atoms with Gasteiger partial charge in [0.05, 0.1) is 0 Å². The molecule has 4 heteroatoms. The molecule has 1 aromatic carbocycles. The average Bonchev–Trinajstić information content (AvgIpc) is 2.67. The molecule has 0 aliphatic heterocycles. The number of hydrogen-bond donors (Lipinski definition) is 0. The molecule has 0 radical (unpaired) electrons. The molecule has 14 heavy (non-hydrogen) atoms. The van der Waals surface area contributed by atoms with Crippen LogP contribution in [0.2, 0.25) is 0 Å². The van der Waals surface area contributed by atoms with Crippen LogP contribution in [0.15, 0.2) is 30.3 Å². The second kappa shape index (κ2) is 2.51. The van der Waals surface area contributed by atoms with Crippen LogP contribution >= 0.6 is 0 Å². The molecule has 0 spiro atoms. The Balaban J connectivity index is 2.66. The lowest BCUT2D eigenvalue weighted by Gasteiger charge is -2.01. The fraction of sp³-hybridized carbons (Fsp3) is 0.100. The van der Waals surface area contributed by atoms with Crippen molar-refractivity contribution in [2.75, 3.05) is 0 Å². The maximum absolute atomic E-state index is 4.01. The third kappa shape index (κ3) is 0.849. The highest BCUT2D eigenvalue weighted by molar-refractivity contribution is 5.93. The largest absolute Gasteiger partial charge is 0.197 e. The summed E-state index contributed by atoms with van der Waals surface area (Å²) in [5.74, 6) is 0. The standard InChI is InChI=1S/C10H8N4/c1-7-6-8-4-2-3-5-9(8)10-11-12-13-14(7)10/h2-6H,1H3. The third-order valence-electron chi connectivity index (χ3n) is 2.37. The zero-order valence-corrected chi connectivity index (χ0v) is 7.68. The second-order valence-electron chi connectivity index (χ2n) is 3.29. The highest BCUT2D eigenvalue weighted by atomic mass is 15.5. The van der Waals surface area contributed by atoms with Gasteiger partial charge in [0.15, 0.2) is 5.65 Å². The minimum Gasteiger partial charge on any atom is -0.197 e. The SMILES string of the molecule is Cc1cc2ccccc2c2nnnn12. The molecular formula is C10H8N4. The zero-order valence-electron chi connectivity index (χ0n) is 7.68. The summed E-state index contributed by atoms with van der Waals surface area (Å²) in [4.78, 5) is 0. The Morgan fingerprint density at radius 2 is 2.07 bits per heavy atom. The Morgan fingerprint density at radius 1 is 1.21 bits per heavy atom. The maximum atomic E-state index is 4.01. The predicted molar refractivity (Wildman–Crippen MR) is 53.0 cm³/mol. The van der Waals surface area contributed by atoms with Crippen molar-refractivity contribution in [3.63, 3.8) is 0 Å². The van der Waals surface area contributed by atoms with Gasteiger partial charge in [-0.2, -0.15) is 4.52 Å². The Hall–Kier alpha value is -1.97. The lowest BCUT2D eigenvalue weighted by molar-refractivity contribution is 0.805. The van der Waals surface area contributed by atoms with Crippen LogP contribution < -0.4 is 0 Å². The molecule has 0 saturated carbocycles. The number of pyridine rings is 1. The first kappa shape index (κ1) is 7.44. The molecule has 0 aliphatic carbocycles. The first-order valence-electron chi connectivity index (χ1n) is 4.43. The van der Waals surface area contributed by atoms with Crippen molar-refractivity contribution in [1.29, 1.82) is 0 Å². The second-order valence-corrected chi connectivity index (χ2v) is 3.29. The van der Waals surface area contributed by atoms with Crippen LogP contribution in [0, 0.1) is 6.92 Å². The summed E-state index contributed by atoms with van der Waals surface area (Å²) in [7, 11) is 0. The van der Waals surface area contributed by atoms with Crippen molar-refractivity contribution in [2.24, 2.45) is 0 Å². The van der Waals surface area contributed by atoms with Crippen molar-refractivity contribution >= 4 is 16.4 Å². The highest BCUT2D eigenvalue weighted by Crippen LogP contribution is 2.18. The third-order valence-corrected chi connectivity index (χ3v) is 2.37. The normalized spacial score (nSPS) is 11.2. The van der Waals surface area contributed by atoms with Gasteiger partial charge >= 0.3 is 0 Å². The summed E-state index contributed by atoms with van der Waals surface area (Å²) in [5, 5.41) is 13.9. The van der Waals surface area contributed by atoms with Crippen molar-refractivity contribution in [2.45, 2.75) is 6.92 Å². The number of nitrogens with zero attached hydrogens (tertiary/aromatic N) is 4. The van der Waals surface area contributed by atoms with Crippen LogP contribution in [0.1, 0.15) is 5.69 Å². The molecular weight excluding hydrogens is 176 g/mol. The fourth-order valence-electron chi connectivity index (χ4n) is 1.71. The topological polar surface area (TPSA) is 43.1 Å². The molecule has 0 saturated heterocycles. The molecule has 0 N–H and O–H groups in total. The van der Waals surface area contributed by atoms with Gasteiger partial charge in [-0.3, -0.25) is 0 Å². The van der Waals surface area contributed by atoms with Gasteiger partial charge in [-0.25, -0.2) is 0 Å². The van der Waals surface area contributed by atoms with E-state index in [-0.39, 0.29) is 0 Å². The first-order valence-corrected chi connectivity index (χ1v) is 4.43. The van der Waals surface area contributed by atoms with Crippen molar-refractivity contribution < 1.29 is 0 Å². The number of tetrazole rings is 1. The summed E-state index contributed by atoms with van der Waals surface area (Å²) in [6, 6.07) is 10.2. The van der Waals surface area contributed by atoms with Crippen molar-refractivity contribution in [3.8, 4) is 0 Å². The lowest BCUT2D eigenvalue weighted by atomic mass is 10.1. The number of rotatable bonds is 0. The van der Waals surface area contributed by atoms with E-state index in [4.69, 9.17) is 0 Å². The Bertz CT molecular complexity index is 612. The lowest BCUT2D eigenvalue weighted by Crippen LogP contribution is -1.93. The van der Waals surface area contributed by atoms with Crippen LogP contribution in [-0.2, 0) is 0 Å². The summed E-state index contributed by atoms with van der Waals surface area (Å²) >= 11 is 0. The van der Waals surface area contributed by atoms with E-state index >= 15 is 0 Å². The molecule has 68 valence electrons. The molecule has 0 unspecified atom stereocenters. The van der Waals surface area contributed by atoms with E-state index in [2.05, 4.69) is 27.7 Å². The molecule has 4 nitrogen and oxygen atoms in total. The number of aryl methyl sites for hydroxylation is 1. The summed E-state index contributed by atoms with van der Waals surface area (Å²) in [6.07, 6.45) is 0. The molecule has 0 bridgehead atoms. The van der Waals surface area contributed by atoms with Gasteiger partial charge in [-0.05, 0) is 28.8 Å². The molecule has 3 aromatic rings. The predicted octanol–water partition coefficient (Wildman–Crippen LogP) is 1.59. The van der Waals surface area contributed by atoms with Crippen LogP contribution in [-0.4, -0.2) is 20.0 Å². The zero-order chi connectivity index (χ0) is 9.54. The van der Waals surface area contributed by atoms with Crippen LogP contribution in [0.25, 0.3) is 16.4 Å². The Kier molecular flexibility index (Phi) is 1.33. The molecule has 0 atom stereocenters. The first-order chi connectivity index (χ1) is 6.86. The van der Waals surface area contributed by atoms with E-state index in [9.17, 15) is 0 Å². The average molecular weight is 184 g/mol. The smallest absolute Gasteiger partial charge is 0.187 e. The van der Waals surface area contributed by atoms with Gasteiger partial charge in [0.25, 0.3) is 0 Å². The fourth-order valence-corrected chi connectivity index (χ4v) is 1.71. The number of fused-ring (bicyclic) bond motifs is 3. The summed E-state index contributed by atoms with van der Waals surface area (Å²) in [5.41, 5.74) is 1.87. The van der Waals surface area contributed by atoms with E-state index in [1.807, 2.05) is 25.1 Å². The molecule has 0 amide bonds. The maximum Gasteiger partial charge on any atom is 0.187 e. The van der Waals surface area contributed by atoms with E-state index in [1.54, 1.807) is 4.52 Å². The van der Waals surface area contributed by atoms with Gasteiger partial charge in [0.2, 0.25) is 0 Å². The molecule has 2 aromatic heterocycles.